The van der Waals surface area contributed by atoms with Crippen LogP contribution in [0.3, 0.4) is 0 Å². The molecule has 0 aliphatic carbocycles. The molecule has 1 fully saturated rings. The molecule has 3 atom stereocenters. The van der Waals surface area contributed by atoms with Crippen molar-refractivity contribution >= 4 is 23.5 Å². The highest BCUT2D eigenvalue weighted by atomic mass is 35.5. The van der Waals surface area contributed by atoms with Gasteiger partial charge in [-0.15, -0.1) is 0 Å². The Kier molecular flexibility index (Phi) is 8.46. The Hall–Kier alpha value is -2.61. The summed E-state index contributed by atoms with van der Waals surface area (Å²) in [6, 6.07) is 13.1. The summed E-state index contributed by atoms with van der Waals surface area (Å²) in [5.74, 6) is -0.872. The molecule has 1 saturated heterocycles. The van der Waals surface area contributed by atoms with Crippen LogP contribution in [0.15, 0.2) is 42.5 Å². The smallest absolute Gasteiger partial charge is 0.341 e. The number of hydrogen-bond donors (Lipinski definition) is 3. The summed E-state index contributed by atoms with van der Waals surface area (Å²) in [4.78, 5) is 23.7. The van der Waals surface area contributed by atoms with Crippen LogP contribution in [0.2, 0.25) is 5.02 Å². The van der Waals surface area contributed by atoms with Crippen molar-refractivity contribution in [2.24, 2.45) is 0 Å². The fraction of sp³-hybridized carbons (Fsp3) is 0.481. The maximum absolute atomic E-state index is 12.5. The van der Waals surface area contributed by atoms with Gasteiger partial charge in [0.15, 0.2) is 6.61 Å². The number of carboxylic acid groups (broad SMARTS) is 1. The van der Waals surface area contributed by atoms with Crippen molar-refractivity contribution in [1.82, 2.24) is 5.32 Å². The first kappa shape index (κ1) is 27.0. The molecule has 35 heavy (non-hydrogen) atoms. The minimum atomic E-state index is -1.07. The number of aliphatic carboxylic acids is 1. The number of aliphatic hydroxyl groups excluding tert-OH is 1. The monoisotopic (exact) mass is 503 g/mol. The standard InChI is InChI=1S/C27H34ClNO6/c1-26(2,3)18-7-10-21(34-16-25(32)33)20(13-18)23-15-27(4,29-24(31)11-12-30)14-22(35-23)17-5-8-19(28)9-6-17/h5-10,13,22-23,30H,11-12,14-16H2,1-4H3,(H,29,31)(H,32,33)/t22-,23+,27-/m0/s1. The molecule has 1 heterocycles. The minimum Gasteiger partial charge on any atom is -0.482 e. The van der Waals surface area contributed by atoms with E-state index in [0.29, 0.717) is 23.6 Å². The first-order chi connectivity index (χ1) is 16.4. The molecule has 1 amide bonds. The van der Waals surface area contributed by atoms with Gasteiger partial charge in [-0.05, 0) is 47.7 Å². The highest BCUT2D eigenvalue weighted by Gasteiger charge is 2.41. The van der Waals surface area contributed by atoms with E-state index in [2.05, 4.69) is 26.1 Å². The molecule has 190 valence electrons. The molecular weight excluding hydrogens is 470 g/mol. The van der Waals surface area contributed by atoms with Crippen LogP contribution >= 0.6 is 11.6 Å². The summed E-state index contributed by atoms with van der Waals surface area (Å²) in [7, 11) is 0. The van der Waals surface area contributed by atoms with E-state index in [0.717, 1.165) is 16.7 Å². The zero-order valence-electron chi connectivity index (χ0n) is 20.6. The Labute approximate surface area is 211 Å². The van der Waals surface area contributed by atoms with Crippen molar-refractivity contribution in [2.75, 3.05) is 13.2 Å². The maximum atomic E-state index is 12.5. The molecule has 2 aromatic carbocycles. The lowest BCUT2D eigenvalue weighted by Crippen LogP contribution is -2.51. The van der Waals surface area contributed by atoms with Crippen molar-refractivity contribution in [2.45, 2.75) is 70.1 Å². The summed E-state index contributed by atoms with van der Waals surface area (Å²) in [5.41, 5.74) is 1.92. The van der Waals surface area contributed by atoms with Crippen LogP contribution in [0.4, 0.5) is 0 Å². The molecule has 0 unspecified atom stereocenters. The minimum absolute atomic E-state index is 0.0131. The quantitative estimate of drug-likeness (QED) is 0.470. The predicted octanol–water partition coefficient (Wildman–Crippen LogP) is 4.95. The van der Waals surface area contributed by atoms with Crippen molar-refractivity contribution < 1.29 is 29.3 Å². The molecule has 0 radical (unpaired) electrons. The van der Waals surface area contributed by atoms with E-state index in [1.807, 2.05) is 31.2 Å². The van der Waals surface area contributed by atoms with Gasteiger partial charge in [0.25, 0.3) is 0 Å². The van der Waals surface area contributed by atoms with Gasteiger partial charge in [0.2, 0.25) is 5.91 Å². The van der Waals surface area contributed by atoms with E-state index in [4.69, 9.17) is 21.1 Å². The zero-order valence-corrected chi connectivity index (χ0v) is 21.4. The first-order valence-corrected chi connectivity index (χ1v) is 12.1. The predicted molar refractivity (Wildman–Crippen MR) is 134 cm³/mol. The molecule has 7 nitrogen and oxygen atoms in total. The van der Waals surface area contributed by atoms with Gasteiger partial charge in [-0.2, -0.15) is 0 Å². The number of halogens is 1. The van der Waals surface area contributed by atoms with Crippen molar-refractivity contribution in [3.8, 4) is 5.75 Å². The molecule has 0 saturated carbocycles. The Morgan fingerprint density at radius 2 is 1.80 bits per heavy atom. The average Bonchev–Trinajstić information content (AvgIpc) is 2.76. The first-order valence-electron chi connectivity index (χ1n) is 11.7. The number of aliphatic hydroxyl groups is 1. The largest absolute Gasteiger partial charge is 0.482 e. The highest BCUT2D eigenvalue weighted by Crippen LogP contribution is 2.46. The third-order valence-corrected chi connectivity index (χ3v) is 6.45. The van der Waals surface area contributed by atoms with Crippen molar-refractivity contribution in [3.05, 3.63) is 64.2 Å². The van der Waals surface area contributed by atoms with E-state index in [1.165, 1.54) is 0 Å². The van der Waals surface area contributed by atoms with Gasteiger partial charge >= 0.3 is 5.97 Å². The van der Waals surface area contributed by atoms with Gasteiger partial charge in [-0.25, -0.2) is 4.79 Å². The number of benzene rings is 2. The summed E-state index contributed by atoms with van der Waals surface area (Å²) < 4.78 is 12.2. The summed E-state index contributed by atoms with van der Waals surface area (Å²) in [5, 5.41) is 22.1. The number of nitrogens with one attached hydrogen (secondary N) is 1. The maximum Gasteiger partial charge on any atom is 0.341 e. The third-order valence-electron chi connectivity index (χ3n) is 6.20. The second-order valence-electron chi connectivity index (χ2n) is 10.3. The third kappa shape index (κ3) is 7.19. The van der Waals surface area contributed by atoms with E-state index < -0.39 is 24.2 Å². The number of hydrogen-bond acceptors (Lipinski definition) is 5. The van der Waals surface area contributed by atoms with Gasteiger partial charge in [-0.3, -0.25) is 4.79 Å². The van der Waals surface area contributed by atoms with E-state index in [-0.39, 0.29) is 30.5 Å². The zero-order chi connectivity index (χ0) is 25.8. The molecule has 1 aliphatic heterocycles. The van der Waals surface area contributed by atoms with Gasteiger partial charge in [0, 0.05) is 35.4 Å². The van der Waals surface area contributed by atoms with E-state index in [1.54, 1.807) is 18.2 Å². The lowest BCUT2D eigenvalue weighted by Gasteiger charge is -2.44. The second kappa shape index (κ2) is 11.0. The SMILES string of the molecule is CC(C)(C)c1ccc(OCC(=O)O)c([C@H]2C[C@@](C)(NC(=O)CCO)C[C@@H](c3ccc(Cl)cc3)O2)c1. The molecule has 2 aromatic rings. The Balaban J connectivity index is 2.04. The summed E-state index contributed by atoms with van der Waals surface area (Å²) in [6.45, 7) is 7.55. The molecule has 0 aromatic heterocycles. The number of carbonyl (C=O) groups is 2. The van der Waals surface area contributed by atoms with Gasteiger partial charge in [0.05, 0.1) is 18.8 Å². The average molecular weight is 504 g/mol. The normalized spacial score (nSPS) is 22.5. The molecule has 0 bridgehead atoms. The van der Waals surface area contributed by atoms with Gasteiger partial charge in [-0.1, -0.05) is 50.6 Å². The molecule has 3 rings (SSSR count). The number of carboxylic acids is 1. The summed E-state index contributed by atoms with van der Waals surface area (Å²) >= 11 is 6.09. The topological polar surface area (TPSA) is 105 Å². The van der Waals surface area contributed by atoms with Crippen molar-refractivity contribution in [1.29, 1.82) is 0 Å². The highest BCUT2D eigenvalue weighted by molar-refractivity contribution is 6.30. The molecular formula is C27H34ClNO6. The molecule has 0 spiro atoms. The van der Waals surface area contributed by atoms with Crippen LogP contribution < -0.4 is 10.1 Å². The lowest BCUT2D eigenvalue weighted by atomic mass is 9.79. The number of rotatable bonds is 8. The Bertz CT molecular complexity index is 1050. The van der Waals surface area contributed by atoms with Crippen LogP contribution in [-0.2, 0) is 19.7 Å². The van der Waals surface area contributed by atoms with E-state index in [9.17, 15) is 19.8 Å². The number of ether oxygens (including phenoxy) is 2. The van der Waals surface area contributed by atoms with Crippen LogP contribution in [0.5, 0.6) is 5.75 Å². The second-order valence-corrected chi connectivity index (χ2v) is 10.8. The molecule has 3 N–H and O–H groups in total. The molecule has 8 heteroatoms. The van der Waals surface area contributed by atoms with Crippen LogP contribution in [0.1, 0.15) is 75.9 Å². The fourth-order valence-corrected chi connectivity index (χ4v) is 4.52. The Morgan fingerprint density at radius 1 is 1.14 bits per heavy atom. The molecule has 1 aliphatic rings. The van der Waals surface area contributed by atoms with Crippen molar-refractivity contribution in [3.63, 3.8) is 0 Å². The fourth-order valence-electron chi connectivity index (χ4n) is 4.39. The summed E-state index contributed by atoms with van der Waals surface area (Å²) in [6.07, 6.45) is 0.155. The number of carbonyl (C=O) groups excluding carboxylic acids is 1. The van der Waals surface area contributed by atoms with Crippen LogP contribution in [0, 0.1) is 0 Å². The van der Waals surface area contributed by atoms with Gasteiger partial charge < -0.3 is 25.0 Å². The van der Waals surface area contributed by atoms with Crippen LogP contribution in [-0.4, -0.2) is 40.8 Å². The van der Waals surface area contributed by atoms with Crippen LogP contribution in [0.25, 0.3) is 0 Å². The van der Waals surface area contributed by atoms with Gasteiger partial charge in [0.1, 0.15) is 5.75 Å². The van der Waals surface area contributed by atoms with E-state index >= 15 is 0 Å². The lowest BCUT2D eigenvalue weighted by molar-refractivity contribution is -0.139. The number of amides is 1. The Morgan fingerprint density at radius 3 is 2.40 bits per heavy atom.